The second-order valence-electron chi connectivity index (χ2n) is 2.80. The third kappa shape index (κ3) is 14.3. The van der Waals surface area contributed by atoms with E-state index >= 15 is 0 Å². The highest BCUT2D eigenvalue weighted by molar-refractivity contribution is 4.40. The maximum atomic E-state index is 9.95. The Morgan fingerprint density at radius 1 is 0.562 bits per heavy atom. The standard InChI is InChI=1S/C6H12Cl2O8/c9-7(10,11)15-5-3-1-2-4-6-16-8(12,13)14/h1-6H2. The zero-order valence-corrected chi connectivity index (χ0v) is 9.78. The quantitative estimate of drug-likeness (QED) is 0.379. The molecule has 0 bridgehead atoms. The van der Waals surface area contributed by atoms with Crippen LogP contribution in [0.5, 0.6) is 0 Å². The molecule has 0 aliphatic heterocycles. The molecule has 0 saturated heterocycles. The van der Waals surface area contributed by atoms with Crippen molar-refractivity contribution in [3.05, 3.63) is 0 Å². The monoisotopic (exact) mass is 282 g/mol. The minimum Gasteiger partial charge on any atom is -0.183 e. The number of hydrogen-bond acceptors (Lipinski definition) is 8. The number of unbranched alkanes of at least 4 members (excludes halogenated alkanes) is 3. The topological polar surface area (TPSA) is 157 Å². The number of rotatable bonds is 9. The lowest BCUT2D eigenvalue weighted by molar-refractivity contribution is -1.92. The van der Waals surface area contributed by atoms with Gasteiger partial charge in [-0.1, -0.05) is 12.8 Å². The van der Waals surface area contributed by atoms with Gasteiger partial charge in [-0.05, 0) is 12.8 Å². The van der Waals surface area contributed by atoms with E-state index in [1.807, 2.05) is 0 Å². The molecular formula is C6H12Cl2O8. The molecule has 0 aliphatic rings. The molecule has 0 saturated carbocycles. The predicted molar refractivity (Wildman–Crippen MR) is 30.4 cm³/mol. The highest BCUT2D eigenvalue weighted by Crippen LogP contribution is 2.03. The molecule has 0 spiro atoms. The second-order valence-corrected chi connectivity index (χ2v) is 4.74. The van der Waals surface area contributed by atoms with Crippen LogP contribution >= 0.6 is 0 Å². The minimum absolute atomic E-state index is 0.216. The van der Waals surface area contributed by atoms with Gasteiger partial charge < -0.3 is 0 Å². The van der Waals surface area contributed by atoms with Crippen molar-refractivity contribution in [2.75, 3.05) is 13.2 Å². The van der Waals surface area contributed by atoms with Gasteiger partial charge in [-0.2, -0.15) is 28.0 Å². The first-order valence-electron chi connectivity index (χ1n) is 4.31. The third-order valence-electron chi connectivity index (χ3n) is 1.46. The molecule has 0 unspecified atom stereocenters. The minimum atomic E-state index is -4.38. The van der Waals surface area contributed by atoms with Crippen LogP contribution < -0.4 is 28.0 Å². The van der Waals surface area contributed by atoms with Crippen LogP contribution in [0.4, 0.5) is 0 Å². The molecule has 16 heavy (non-hydrogen) atoms. The molecule has 0 rings (SSSR count). The van der Waals surface area contributed by atoms with Gasteiger partial charge in [0.25, 0.3) is 0 Å². The van der Waals surface area contributed by atoms with Crippen LogP contribution in [0.25, 0.3) is 0 Å². The highest BCUT2D eigenvalue weighted by atomic mass is 35.7. The van der Waals surface area contributed by atoms with E-state index in [2.05, 4.69) is 8.58 Å². The summed E-state index contributed by atoms with van der Waals surface area (Å²) >= 11 is 0. The number of hydrogen-bond donors (Lipinski definition) is 0. The molecule has 0 atom stereocenters. The van der Waals surface area contributed by atoms with E-state index in [-0.39, 0.29) is 13.2 Å². The van der Waals surface area contributed by atoms with Crippen molar-refractivity contribution in [1.29, 1.82) is 0 Å². The zero-order valence-electron chi connectivity index (χ0n) is 8.26. The summed E-state index contributed by atoms with van der Waals surface area (Å²) in [7, 11) is -8.76. The molecule has 0 aromatic heterocycles. The first-order valence-corrected chi connectivity index (χ1v) is 6.78. The van der Waals surface area contributed by atoms with E-state index in [0.717, 1.165) is 0 Å². The fourth-order valence-electron chi connectivity index (χ4n) is 0.856. The maximum Gasteiger partial charge on any atom is 0.203 e. The molecule has 98 valence electrons. The molecule has 0 aromatic rings. The molecule has 10 heteroatoms. The first-order chi connectivity index (χ1) is 7.21. The van der Waals surface area contributed by atoms with Gasteiger partial charge in [-0.3, -0.25) is 0 Å². The average molecular weight is 283 g/mol. The highest BCUT2D eigenvalue weighted by Gasteiger charge is 2.17. The predicted octanol–water partition coefficient (Wildman–Crippen LogP) is -5.63. The van der Waals surface area contributed by atoms with E-state index < -0.39 is 20.5 Å². The summed E-state index contributed by atoms with van der Waals surface area (Å²) in [6.45, 7) is -0.432. The van der Waals surface area contributed by atoms with Gasteiger partial charge in [0.05, 0.1) is 29.1 Å². The van der Waals surface area contributed by atoms with Crippen LogP contribution in [-0.4, -0.2) is 13.2 Å². The van der Waals surface area contributed by atoms with Crippen LogP contribution in [0.3, 0.4) is 0 Å². The summed E-state index contributed by atoms with van der Waals surface area (Å²) in [4.78, 5) is 0. The van der Waals surface area contributed by atoms with Crippen molar-refractivity contribution in [1.82, 2.24) is 0 Å². The summed E-state index contributed by atoms with van der Waals surface area (Å²) < 4.78 is 67.5. The second kappa shape index (κ2) is 7.56. The average Bonchev–Trinajstić information content (AvgIpc) is 2.06. The van der Waals surface area contributed by atoms with Crippen LogP contribution in [-0.2, 0) is 8.58 Å². The Balaban J connectivity index is 3.17. The Hall–Kier alpha value is 0.260. The number of halogens is 2. The van der Waals surface area contributed by atoms with Crippen molar-refractivity contribution in [2.45, 2.75) is 25.7 Å². The zero-order chi connectivity index (χ0) is 12.7. The van der Waals surface area contributed by atoms with E-state index in [1.165, 1.54) is 0 Å². The van der Waals surface area contributed by atoms with Gasteiger partial charge in [0, 0.05) is 0 Å². The molecule has 0 radical (unpaired) electrons. The first kappa shape index (κ1) is 16.3. The Kier molecular flexibility index (Phi) is 7.68. The third-order valence-corrected chi connectivity index (χ3v) is 2.30. The molecular weight excluding hydrogens is 271 g/mol. The summed E-state index contributed by atoms with van der Waals surface area (Å²) in [6.07, 6.45) is 1.75. The van der Waals surface area contributed by atoms with Crippen molar-refractivity contribution >= 4 is 0 Å². The Morgan fingerprint density at radius 2 is 0.875 bits per heavy atom. The lowest BCUT2D eigenvalue weighted by atomic mass is 10.2. The van der Waals surface area contributed by atoms with Crippen molar-refractivity contribution in [3.8, 4) is 0 Å². The molecule has 0 amide bonds. The van der Waals surface area contributed by atoms with Crippen LogP contribution in [0, 0.1) is 20.5 Å². The van der Waals surface area contributed by atoms with Gasteiger partial charge in [-0.25, -0.2) is 0 Å². The van der Waals surface area contributed by atoms with Gasteiger partial charge in [-0.15, -0.1) is 0 Å². The Bertz CT molecular complexity index is 156. The summed E-state index contributed by atoms with van der Waals surface area (Å²) in [5, 5.41) is 0. The van der Waals surface area contributed by atoms with E-state index in [4.69, 9.17) is 0 Å². The molecule has 0 aliphatic carbocycles. The normalized spacial score (nSPS) is 13.1. The Morgan fingerprint density at radius 3 is 1.12 bits per heavy atom. The van der Waals surface area contributed by atoms with E-state index in [1.54, 1.807) is 0 Å². The summed E-state index contributed by atoms with van der Waals surface area (Å²) in [5.41, 5.74) is 0. The van der Waals surface area contributed by atoms with Gasteiger partial charge in [0.2, 0.25) is 13.2 Å². The molecule has 0 N–H and O–H groups in total. The molecule has 0 heterocycles. The lowest BCUT2D eigenvalue weighted by Gasteiger charge is -2.12. The smallest absolute Gasteiger partial charge is 0.183 e. The van der Waals surface area contributed by atoms with Crippen LogP contribution in [0.15, 0.2) is 0 Å². The summed E-state index contributed by atoms with van der Waals surface area (Å²) in [6, 6.07) is 0. The fraction of sp³-hybridized carbons (Fsp3) is 1.00. The Labute approximate surface area is 96.5 Å². The SMILES string of the molecule is [O-][Cl+3]([O-])([O-])OCCCCCCO[Cl+3]([O-])([O-])[O-]. The van der Waals surface area contributed by atoms with E-state index in [9.17, 15) is 28.0 Å². The van der Waals surface area contributed by atoms with Crippen molar-refractivity contribution in [3.63, 3.8) is 0 Å². The molecule has 8 nitrogen and oxygen atoms in total. The van der Waals surface area contributed by atoms with Crippen molar-refractivity contribution in [2.24, 2.45) is 0 Å². The largest absolute Gasteiger partial charge is 0.203 e. The van der Waals surface area contributed by atoms with Crippen molar-refractivity contribution < 1.29 is 57.0 Å². The van der Waals surface area contributed by atoms with Gasteiger partial charge >= 0.3 is 0 Å². The van der Waals surface area contributed by atoms with Crippen LogP contribution in [0.2, 0.25) is 0 Å². The fourth-order valence-corrected chi connectivity index (χ4v) is 1.45. The summed E-state index contributed by atoms with van der Waals surface area (Å²) in [5.74, 6) is 0. The molecule has 0 fully saturated rings. The van der Waals surface area contributed by atoms with Crippen LogP contribution in [0.1, 0.15) is 25.7 Å². The molecule has 0 aromatic carbocycles. The van der Waals surface area contributed by atoms with E-state index in [0.29, 0.717) is 25.7 Å². The van der Waals surface area contributed by atoms with Gasteiger partial charge in [0.1, 0.15) is 0 Å². The lowest BCUT2D eigenvalue weighted by Crippen LogP contribution is -2.61. The maximum absolute atomic E-state index is 9.95. The van der Waals surface area contributed by atoms with Gasteiger partial charge in [0.15, 0.2) is 0 Å².